The molecule has 0 amide bonds. The van der Waals surface area contributed by atoms with Crippen LogP contribution in [0.5, 0.6) is 0 Å². The smallest absolute Gasteiger partial charge is 0.0107 e. The van der Waals surface area contributed by atoms with Crippen molar-refractivity contribution < 1.29 is 0 Å². The van der Waals surface area contributed by atoms with E-state index < -0.39 is 0 Å². The summed E-state index contributed by atoms with van der Waals surface area (Å²) < 4.78 is 0. The van der Waals surface area contributed by atoms with E-state index in [4.69, 9.17) is 0 Å². The predicted molar refractivity (Wildman–Crippen MR) is 82.5 cm³/mol. The van der Waals surface area contributed by atoms with Crippen molar-refractivity contribution in [2.45, 2.75) is 33.6 Å². The van der Waals surface area contributed by atoms with Gasteiger partial charge in [-0.05, 0) is 30.3 Å². The van der Waals surface area contributed by atoms with Crippen molar-refractivity contribution in [3.8, 4) is 0 Å². The third kappa shape index (κ3) is 6.53. The first-order valence-electron chi connectivity index (χ1n) is 7.21. The summed E-state index contributed by atoms with van der Waals surface area (Å²) in [6.45, 7) is 12.7. The quantitative estimate of drug-likeness (QED) is 0.655. The highest BCUT2D eigenvalue weighted by atomic mass is 32.1. The summed E-state index contributed by atoms with van der Waals surface area (Å²) in [6.07, 6.45) is 2.44. The number of hydrogen-bond donors (Lipinski definition) is 1. The molecular weight excluding hydrogens is 240 g/mol. The minimum Gasteiger partial charge on any atom is -0.315 e. The fourth-order valence-corrected chi connectivity index (χ4v) is 2.69. The Morgan fingerprint density at radius 2 is 2.17 bits per heavy atom. The Labute approximate surface area is 116 Å². The molecule has 0 aliphatic rings. The van der Waals surface area contributed by atoms with Crippen LogP contribution >= 0.6 is 11.3 Å². The molecule has 1 rings (SSSR count). The van der Waals surface area contributed by atoms with Crippen molar-refractivity contribution >= 4 is 11.3 Å². The lowest BCUT2D eigenvalue weighted by atomic mass is 10.1. The monoisotopic (exact) mass is 268 g/mol. The molecule has 0 saturated heterocycles. The van der Waals surface area contributed by atoms with Gasteiger partial charge in [0.1, 0.15) is 0 Å². The van der Waals surface area contributed by atoms with E-state index in [1.165, 1.54) is 24.4 Å². The zero-order chi connectivity index (χ0) is 13.2. The highest BCUT2D eigenvalue weighted by Crippen LogP contribution is 2.08. The van der Waals surface area contributed by atoms with Crippen molar-refractivity contribution in [1.29, 1.82) is 0 Å². The van der Waals surface area contributed by atoms with Crippen LogP contribution in [0.4, 0.5) is 0 Å². The Morgan fingerprint density at radius 3 is 2.78 bits per heavy atom. The number of nitrogens with zero attached hydrogens (tertiary/aromatic N) is 1. The molecular formula is C15H28N2S. The molecule has 0 radical (unpaired) electrons. The Kier molecular flexibility index (Phi) is 8.31. The largest absolute Gasteiger partial charge is 0.315 e. The van der Waals surface area contributed by atoms with Crippen LogP contribution in [0.1, 0.15) is 32.1 Å². The lowest BCUT2D eigenvalue weighted by Gasteiger charge is -2.23. The van der Waals surface area contributed by atoms with E-state index in [0.717, 1.165) is 32.0 Å². The molecule has 0 aliphatic carbocycles. The van der Waals surface area contributed by atoms with Gasteiger partial charge < -0.3 is 10.2 Å². The molecule has 0 saturated carbocycles. The highest BCUT2D eigenvalue weighted by molar-refractivity contribution is 7.09. The van der Waals surface area contributed by atoms with Crippen LogP contribution in [0.15, 0.2) is 17.5 Å². The Balaban J connectivity index is 2.04. The number of likely N-dealkylation sites (N-methyl/N-ethyl adjacent to an activating group) is 1. The van der Waals surface area contributed by atoms with Crippen molar-refractivity contribution in [1.82, 2.24) is 10.2 Å². The molecule has 1 N–H and O–H groups in total. The van der Waals surface area contributed by atoms with E-state index in [2.05, 4.69) is 48.5 Å². The molecule has 1 heterocycles. The lowest BCUT2D eigenvalue weighted by molar-refractivity contribution is 0.246. The zero-order valence-corrected chi connectivity index (χ0v) is 12.9. The van der Waals surface area contributed by atoms with Crippen molar-refractivity contribution in [2.75, 3.05) is 32.7 Å². The van der Waals surface area contributed by atoms with Gasteiger partial charge in [-0.15, -0.1) is 11.3 Å². The standard InChI is InChI=1S/C15H28N2S/c1-4-14(3)13-17(5-2)11-10-16-9-8-15-7-6-12-18-15/h6-7,12,14,16H,4-5,8-11,13H2,1-3H3. The second-order valence-corrected chi connectivity index (χ2v) is 6.02. The number of rotatable bonds is 10. The SMILES string of the molecule is CCC(C)CN(CC)CCNCCc1cccs1. The summed E-state index contributed by atoms with van der Waals surface area (Å²) in [5.74, 6) is 0.816. The van der Waals surface area contributed by atoms with Gasteiger partial charge in [0.15, 0.2) is 0 Å². The predicted octanol–water partition coefficient (Wildman–Crippen LogP) is 3.25. The molecule has 18 heavy (non-hydrogen) atoms. The maximum atomic E-state index is 3.54. The number of hydrogen-bond acceptors (Lipinski definition) is 3. The third-order valence-electron chi connectivity index (χ3n) is 3.45. The summed E-state index contributed by atoms with van der Waals surface area (Å²) in [6, 6.07) is 4.35. The summed E-state index contributed by atoms with van der Waals surface area (Å²) in [5, 5.41) is 5.70. The molecule has 0 fully saturated rings. The van der Waals surface area contributed by atoms with Gasteiger partial charge in [0.25, 0.3) is 0 Å². The van der Waals surface area contributed by atoms with Gasteiger partial charge in [-0.25, -0.2) is 0 Å². The highest BCUT2D eigenvalue weighted by Gasteiger charge is 2.06. The van der Waals surface area contributed by atoms with Crippen LogP contribution in [0.3, 0.4) is 0 Å². The van der Waals surface area contributed by atoms with Crippen LogP contribution < -0.4 is 5.32 Å². The van der Waals surface area contributed by atoms with Crippen molar-refractivity contribution in [3.63, 3.8) is 0 Å². The molecule has 0 spiro atoms. The van der Waals surface area contributed by atoms with Gasteiger partial charge in [-0.1, -0.05) is 33.3 Å². The van der Waals surface area contributed by atoms with Gasteiger partial charge in [0.05, 0.1) is 0 Å². The van der Waals surface area contributed by atoms with Crippen LogP contribution in [0.2, 0.25) is 0 Å². The lowest BCUT2D eigenvalue weighted by Crippen LogP contribution is -2.35. The first kappa shape index (κ1) is 15.7. The molecule has 1 atom stereocenters. The summed E-state index contributed by atoms with van der Waals surface area (Å²) in [5.41, 5.74) is 0. The third-order valence-corrected chi connectivity index (χ3v) is 4.38. The van der Waals surface area contributed by atoms with Gasteiger partial charge >= 0.3 is 0 Å². The van der Waals surface area contributed by atoms with Gasteiger partial charge in [-0.2, -0.15) is 0 Å². The fraction of sp³-hybridized carbons (Fsp3) is 0.733. The molecule has 1 unspecified atom stereocenters. The normalized spacial score (nSPS) is 13.1. The second kappa shape index (κ2) is 9.54. The molecule has 2 nitrogen and oxygen atoms in total. The molecule has 0 aliphatic heterocycles. The van der Waals surface area contributed by atoms with Crippen LogP contribution in [-0.2, 0) is 6.42 Å². The summed E-state index contributed by atoms with van der Waals surface area (Å²) in [4.78, 5) is 4.03. The van der Waals surface area contributed by atoms with E-state index in [-0.39, 0.29) is 0 Å². The Morgan fingerprint density at radius 1 is 1.33 bits per heavy atom. The van der Waals surface area contributed by atoms with Crippen LogP contribution in [-0.4, -0.2) is 37.6 Å². The van der Waals surface area contributed by atoms with Gasteiger partial charge in [-0.3, -0.25) is 0 Å². The van der Waals surface area contributed by atoms with E-state index in [1.807, 2.05) is 11.3 Å². The van der Waals surface area contributed by atoms with Crippen molar-refractivity contribution in [2.24, 2.45) is 5.92 Å². The fourth-order valence-electron chi connectivity index (χ4n) is 1.98. The average Bonchev–Trinajstić information content (AvgIpc) is 2.89. The molecule has 1 aromatic rings. The van der Waals surface area contributed by atoms with Crippen LogP contribution in [0.25, 0.3) is 0 Å². The van der Waals surface area contributed by atoms with E-state index >= 15 is 0 Å². The number of nitrogens with one attached hydrogen (secondary N) is 1. The van der Waals surface area contributed by atoms with Crippen molar-refractivity contribution in [3.05, 3.63) is 22.4 Å². The van der Waals surface area contributed by atoms with Gasteiger partial charge in [0.2, 0.25) is 0 Å². The molecule has 0 bridgehead atoms. The number of thiophene rings is 1. The minimum absolute atomic E-state index is 0.816. The van der Waals surface area contributed by atoms with E-state index in [9.17, 15) is 0 Å². The molecule has 3 heteroatoms. The Bertz CT molecular complexity index is 285. The summed E-state index contributed by atoms with van der Waals surface area (Å²) in [7, 11) is 0. The molecule has 104 valence electrons. The van der Waals surface area contributed by atoms with Crippen LogP contribution in [0, 0.1) is 5.92 Å². The average molecular weight is 268 g/mol. The maximum Gasteiger partial charge on any atom is 0.0107 e. The van der Waals surface area contributed by atoms with E-state index in [0.29, 0.717) is 0 Å². The second-order valence-electron chi connectivity index (χ2n) is 4.99. The molecule has 0 aromatic carbocycles. The summed E-state index contributed by atoms with van der Waals surface area (Å²) >= 11 is 1.85. The first-order valence-corrected chi connectivity index (χ1v) is 8.09. The zero-order valence-electron chi connectivity index (χ0n) is 12.1. The first-order chi connectivity index (χ1) is 8.76. The maximum absolute atomic E-state index is 3.54. The van der Waals surface area contributed by atoms with Gasteiger partial charge in [0, 0.05) is 31.1 Å². The topological polar surface area (TPSA) is 15.3 Å². The minimum atomic E-state index is 0.816. The Hall–Kier alpha value is -0.380. The van der Waals surface area contributed by atoms with E-state index in [1.54, 1.807) is 0 Å². The molecule has 1 aromatic heterocycles.